The van der Waals surface area contributed by atoms with Crippen molar-refractivity contribution >= 4 is 6.47 Å². The minimum Gasteiger partial charge on any atom is -0.449 e. The topological polar surface area (TPSA) is 29.5 Å². The van der Waals surface area contributed by atoms with Gasteiger partial charge in [-0.2, -0.15) is 0 Å². The molecule has 0 spiro atoms. The van der Waals surface area contributed by atoms with Gasteiger partial charge in [-0.3, -0.25) is 9.69 Å². The van der Waals surface area contributed by atoms with Gasteiger partial charge in [-0.05, 0) is 25.8 Å². The summed E-state index contributed by atoms with van der Waals surface area (Å²) in [6, 6.07) is 0. The Morgan fingerprint density at radius 3 is 3.00 bits per heavy atom. The molecular formula is C9H17NO2. The molecule has 1 fully saturated rings. The Hall–Kier alpha value is -0.570. The summed E-state index contributed by atoms with van der Waals surface area (Å²) in [5.74, 6) is 0. The molecule has 0 aliphatic carbocycles. The fourth-order valence-electron chi connectivity index (χ4n) is 1.72. The maximum Gasteiger partial charge on any atom is 0.294 e. The summed E-state index contributed by atoms with van der Waals surface area (Å²) in [4.78, 5) is 12.4. The van der Waals surface area contributed by atoms with Gasteiger partial charge in [0.2, 0.25) is 0 Å². The first-order chi connectivity index (χ1) is 5.88. The van der Waals surface area contributed by atoms with Crippen molar-refractivity contribution in [1.82, 2.24) is 4.90 Å². The van der Waals surface area contributed by atoms with Crippen molar-refractivity contribution in [2.24, 2.45) is 0 Å². The summed E-state index contributed by atoms with van der Waals surface area (Å²) in [5.41, 5.74) is 0. The summed E-state index contributed by atoms with van der Waals surface area (Å²) in [6.45, 7) is 4.71. The average molecular weight is 171 g/mol. The largest absolute Gasteiger partial charge is 0.449 e. The SMILES string of the molecule is CCN1CCCCCC1OC=O. The zero-order valence-electron chi connectivity index (χ0n) is 7.66. The van der Waals surface area contributed by atoms with Gasteiger partial charge in [-0.15, -0.1) is 0 Å². The highest BCUT2D eigenvalue weighted by molar-refractivity contribution is 5.37. The van der Waals surface area contributed by atoms with E-state index in [-0.39, 0.29) is 6.23 Å². The van der Waals surface area contributed by atoms with Crippen molar-refractivity contribution in [1.29, 1.82) is 0 Å². The van der Waals surface area contributed by atoms with Crippen LogP contribution in [0.3, 0.4) is 0 Å². The molecule has 1 unspecified atom stereocenters. The molecule has 0 aromatic rings. The van der Waals surface area contributed by atoms with Crippen LogP contribution >= 0.6 is 0 Å². The van der Waals surface area contributed by atoms with Crippen LogP contribution in [0.4, 0.5) is 0 Å². The lowest BCUT2D eigenvalue weighted by Gasteiger charge is -2.26. The van der Waals surface area contributed by atoms with E-state index in [0.717, 1.165) is 19.5 Å². The van der Waals surface area contributed by atoms with E-state index in [1.165, 1.54) is 19.3 Å². The second kappa shape index (κ2) is 5.14. The lowest BCUT2D eigenvalue weighted by molar-refractivity contribution is -0.143. The Morgan fingerprint density at radius 2 is 2.33 bits per heavy atom. The average Bonchev–Trinajstić information content (AvgIpc) is 2.30. The predicted octanol–water partition coefficient (Wildman–Crippen LogP) is 1.38. The molecule has 1 rings (SSSR count). The first kappa shape index (κ1) is 9.52. The summed E-state index contributed by atoms with van der Waals surface area (Å²) >= 11 is 0. The first-order valence-electron chi connectivity index (χ1n) is 4.71. The number of carbonyl (C=O) groups is 1. The van der Waals surface area contributed by atoms with Crippen LogP contribution in [0.2, 0.25) is 0 Å². The molecule has 3 heteroatoms. The van der Waals surface area contributed by atoms with Gasteiger partial charge in [0, 0.05) is 6.54 Å². The monoisotopic (exact) mass is 171 g/mol. The Bertz CT molecular complexity index is 138. The highest BCUT2D eigenvalue weighted by atomic mass is 16.5. The van der Waals surface area contributed by atoms with Gasteiger partial charge in [-0.25, -0.2) is 0 Å². The van der Waals surface area contributed by atoms with Crippen LogP contribution in [0, 0.1) is 0 Å². The molecule has 1 aliphatic heterocycles. The highest BCUT2D eigenvalue weighted by Gasteiger charge is 2.19. The van der Waals surface area contributed by atoms with E-state index in [4.69, 9.17) is 4.74 Å². The molecular weight excluding hydrogens is 154 g/mol. The standard InChI is InChI=1S/C9H17NO2/c1-2-10-7-5-3-4-6-9(10)12-8-11/h8-9H,2-7H2,1H3. The molecule has 1 atom stereocenters. The smallest absolute Gasteiger partial charge is 0.294 e. The van der Waals surface area contributed by atoms with Crippen LogP contribution in [0.15, 0.2) is 0 Å². The van der Waals surface area contributed by atoms with Gasteiger partial charge in [-0.1, -0.05) is 13.3 Å². The van der Waals surface area contributed by atoms with Gasteiger partial charge < -0.3 is 4.74 Å². The zero-order chi connectivity index (χ0) is 8.81. The number of ether oxygens (including phenoxy) is 1. The normalized spacial score (nSPS) is 26.2. The molecule has 0 aromatic heterocycles. The van der Waals surface area contributed by atoms with Crippen LogP contribution in [0.5, 0.6) is 0 Å². The fraction of sp³-hybridized carbons (Fsp3) is 0.889. The van der Waals surface area contributed by atoms with Crippen molar-refractivity contribution in [2.45, 2.75) is 38.8 Å². The van der Waals surface area contributed by atoms with E-state index in [1.807, 2.05) is 0 Å². The highest BCUT2D eigenvalue weighted by Crippen LogP contribution is 2.16. The molecule has 0 aromatic carbocycles. The predicted molar refractivity (Wildman–Crippen MR) is 46.7 cm³/mol. The summed E-state index contributed by atoms with van der Waals surface area (Å²) < 4.78 is 5.01. The van der Waals surface area contributed by atoms with Crippen molar-refractivity contribution in [2.75, 3.05) is 13.1 Å². The second-order valence-corrected chi connectivity index (χ2v) is 3.16. The maximum absolute atomic E-state index is 10.2. The lowest BCUT2D eigenvalue weighted by Crippen LogP contribution is -2.36. The Balaban J connectivity index is 2.44. The first-order valence-corrected chi connectivity index (χ1v) is 4.71. The molecule has 70 valence electrons. The van der Waals surface area contributed by atoms with Crippen molar-refractivity contribution < 1.29 is 9.53 Å². The maximum atomic E-state index is 10.2. The van der Waals surface area contributed by atoms with E-state index in [2.05, 4.69) is 11.8 Å². The van der Waals surface area contributed by atoms with Crippen LogP contribution in [0.1, 0.15) is 32.6 Å². The summed E-state index contributed by atoms with van der Waals surface area (Å²) in [6.07, 6.45) is 4.69. The van der Waals surface area contributed by atoms with Crippen molar-refractivity contribution in [3.05, 3.63) is 0 Å². The van der Waals surface area contributed by atoms with Gasteiger partial charge in [0.1, 0.15) is 0 Å². The number of likely N-dealkylation sites (tertiary alicyclic amines) is 1. The molecule has 1 saturated heterocycles. The fourth-order valence-corrected chi connectivity index (χ4v) is 1.72. The van der Waals surface area contributed by atoms with Crippen LogP contribution in [-0.4, -0.2) is 30.7 Å². The minimum absolute atomic E-state index is 0.0370. The van der Waals surface area contributed by atoms with Gasteiger partial charge in [0.25, 0.3) is 6.47 Å². The zero-order valence-corrected chi connectivity index (χ0v) is 7.66. The van der Waals surface area contributed by atoms with E-state index in [9.17, 15) is 4.79 Å². The molecule has 0 N–H and O–H groups in total. The van der Waals surface area contributed by atoms with Crippen molar-refractivity contribution in [3.63, 3.8) is 0 Å². The molecule has 1 aliphatic rings. The molecule has 3 nitrogen and oxygen atoms in total. The van der Waals surface area contributed by atoms with Gasteiger partial charge in [0.15, 0.2) is 6.23 Å². The Kier molecular flexibility index (Phi) is 4.08. The quantitative estimate of drug-likeness (QED) is 0.601. The lowest BCUT2D eigenvalue weighted by atomic mass is 10.2. The molecule has 0 bridgehead atoms. The molecule has 0 saturated carbocycles. The molecule has 1 heterocycles. The number of hydrogen-bond donors (Lipinski definition) is 0. The second-order valence-electron chi connectivity index (χ2n) is 3.16. The van der Waals surface area contributed by atoms with Crippen LogP contribution in [0.25, 0.3) is 0 Å². The third-order valence-corrected chi connectivity index (χ3v) is 2.42. The third kappa shape index (κ3) is 2.48. The summed E-state index contributed by atoms with van der Waals surface area (Å²) in [5, 5.41) is 0. The van der Waals surface area contributed by atoms with Gasteiger partial charge >= 0.3 is 0 Å². The summed E-state index contributed by atoms with van der Waals surface area (Å²) in [7, 11) is 0. The van der Waals surface area contributed by atoms with E-state index in [0.29, 0.717) is 6.47 Å². The number of rotatable bonds is 3. The Labute approximate surface area is 73.7 Å². The van der Waals surface area contributed by atoms with E-state index >= 15 is 0 Å². The Morgan fingerprint density at radius 1 is 1.50 bits per heavy atom. The number of carbonyl (C=O) groups excluding carboxylic acids is 1. The molecule has 0 radical (unpaired) electrons. The van der Waals surface area contributed by atoms with Crippen LogP contribution < -0.4 is 0 Å². The minimum atomic E-state index is 0.0370. The molecule has 0 amide bonds. The van der Waals surface area contributed by atoms with Crippen LogP contribution in [-0.2, 0) is 9.53 Å². The molecule has 12 heavy (non-hydrogen) atoms. The number of hydrogen-bond acceptors (Lipinski definition) is 3. The third-order valence-electron chi connectivity index (χ3n) is 2.42. The van der Waals surface area contributed by atoms with Crippen molar-refractivity contribution in [3.8, 4) is 0 Å². The van der Waals surface area contributed by atoms with E-state index in [1.54, 1.807) is 0 Å². The van der Waals surface area contributed by atoms with E-state index < -0.39 is 0 Å². The van der Waals surface area contributed by atoms with Gasteiger partial charge in [0.05, 0.1) is 0 Å². The number of nitrogens with zero attached hydrogens (tertiary/aromatic N) is 1.